The van der Waals surface area contributed by atoms with E-state index in [4.69, 9.17) is 4.74 Å². The van der Waals surface area contributed by atoms with Crippen molar-refractivity contribution in [1.82, 2.24) is 4.98 Å². The summed E-state index contributed by atoms with van der Waals surface area (Å²) in [6.07, 6.45) is 3.57. The molecule has 2 rings (SSSR count). The number of esters is 1. The molecule has 98 valence electrons. The van der Waals surface area contributed by atoms with Crippen LogP contribution >= 0.6 is 0 Å². The summed E-state index contributed by atoms with van der Waals surface area (Å²) in [6, 6.07) is 11.3. The summed E-state index contributed by atoms with van der Waals surface area (Å²) in [4.78, 5) is 15.6. The monoisotopic (exact) mass is 256 g/mol. The van der Waals surface area contributed by atoms with E-state index in [1.807, 2.05) is 37.4 Å². The second-order valence-electron chi connectivity index (χ2n) is 4.22. The van der Waals surface area contributed by atoms with Crippen LogP contribution in [0.25, 0.3) is 0 Å². The largest absolute Gasteiger partial charge is 0.465 e. The molecule has 4 nitrogen and oxygen atoms in total. The standard InChI is InChI=1S/C15H16N2O2/c1-11(13-6-4-8-16-10-13)17-14-7-3-5-12(9-14)15(18)19-2/h3-11,17H,1-2H3. The average molecular weight is 256 g/mol. The minimum atomic E-state index is -0.335. The Kier molecular flexibility index (Phi) is 4.13. The van der Waals surface area contributed by atoms with Crippen LogP contribution in [0.5, 0.6) is 0 Å². The molecule has 1 heterocycles. The van der Waals surface area contributed by atoms with Crippen molar-refractivity contribution in [3.05, 3.63) is 59.9 Å². The van der Waals surface area contributed by atoms with Crippen LogP contribution in [0, 0.1) is 0 Å². The van der Waals surface area contributed by atoms with Crippen LogP contribution in [0.1, 0.15) is 28.9 Å². The third-order valence-corrected chi connectivity index (χ3v) is 2.85. The van der Waals surface area contributed by atoms with Crippen LogP contribution in [-0.2, 0) is 4.74 Å². The molecule has 1 aromatic carbocycles. The molecule has 0 fully saturated rings. The number of hydrogen-bond donors (Lipinski definition) is 1. The van der Waals surface area contributed by atoms with Crippen molar-refractivity contribution in [1.29, 1.82) is 0 Å². The smallest absolute Gasteiger partial charge is 0.337 e. The van der Waals surface area contributed by atoms with Gasteiger partial charge >= 0.3 is 5.97 Å². The minimum Gasteiger partial charge on any atom is -0.465 e. The number of carbonyl (C=O) groups excluding carboxylic acids is 1. The molecule has 4 heteroatoms. The van der Waals surface area contributed by atoms with Gasteiger partial charge in [-0.05, 0) is 36.8 Å². The van der Waals surface area contributed by atoms with Crippen LogP contribution in [0.4, 0.5) is 5.69 Å². The number of ether oxygens (including phenoxy) is 1. The molecule has 1 unspecified atom stereocenters. The number of methoxy groups -OCH3 is 1. The Morgan fingerprint density at radius 2 is 2.16 bits per heavy atom. The normalized spacial score (nSPS) is 11.7. The van der Waals surface area contributed by atoms with Gasteiger partial charge in [0.2, 0.25) is 0 Å². The molecule has 19 heavy (non-hydrogen) atoms. The van der Waals surface area contributed by atoms with Crippen LogP contribution in [-0.4, -0.2) is 18.1 Å². The quantitative estimate of drug-likeness (QED) is 0.854. The van der Waals surface area contributed by atoms with Gasteiger partial charge in [-0.1, -0.05) is 12.1 Å². The first kappa shape index (κ1) is 13.1. The van der Waals surface area contributed by atoms with Crippen LogP contribution in [0.15, 0.2) is 48.8 Å². The zero-order chi connectivity index (χ0) is 13.7. The van der Waals surface area contributed by atoms with E-state index in [0.717, 1.165) is 11.3 Å². The second-order valence-corrected chi connectivity index (χ2v) is 4.22. The van der Waals surface area contributed by atoms with Crippen molar-refractivity contribution in [3.8, 4) is 0 Å². The first-order valence-corrected chi connectivity index (χ1v) is 6.05. The van der Waals surface area contributed by atoms with E-state index in [1.54, 1.807) is 18.3 Å². The first-order valence-electron chi connectivity index (χ1n) is 6.05. The predicted molar refractivity (Wildman–Crippen MR) is 74.1 cm³/mol. The molecule has 0 aliphatic heterocycles. The topological polar surface area (TPSA) is 51.2 Å². The highest BCUT2D eigenvalue weighted by Gasteiger charge is 2.08. The molecule has 1 atom stereocenters. The lowest BCUT2D eigenvalue weighted by Crippen LogP contribution is -2.08. The molecule has 0 saturated heterocycles. The highest BCUT2D eigenvalue weighted by Crippen LogP contribution is 2.19. The van der Waals surface area contributed by atoms with E-state index in [0.29, 0.717) is 5.56 Å². The number of carbonyl (C=O) groups is 1. The van der Waals surface area contributed by atoms with Crippen LogP contribution < -0.4 is 5.32 Å². The van der Waals surface area contributed by atoms with Gasteiger partial charge in [0.15, 0.2) is 0 Å². The summed E-state index contributed by atoms with van der Waals surface area (Å²) < 4.78 is 4.70. The lowest BCUT2D eigenvalue weighted by atomic mass is 10.1. The van der Waals surface area contributed by atoms with Crippen molar-refractivity contribution in [3.63, 3.8) is 0 Å². The maximum absolute atomic E-state index is 11.5. The summed E-state index contributed by atoms with van der Waals surface area (Å²) >= 11 is 0. The molecule has 0 aliphatic carbocycles. The van der Waals surface area contributed by atoms with Gasteiger partial charge in [-0.3, -0.25) is 4.98 Å². The van der Waals surface area contributed by atoms with E-state index in [9.17, 15) is 4.79 Å². The molecule has 0 amide bonds. The Hall–Kier alpha value is -2.36. The van der Waals surface area contributed by atoms with Crippen LogP contribution in [0.3, 0.4) is 0 Å². The van der Waals surface area contributed by atoms with Crippen molar-refractivity contribution >= 4 is 11.7 Å². The number of nitrogens with one attached hydrogen (secondary N) is 1. The molecular formula is C15H16N2O2. The van der Waals surface area contributed by atoms with Crippen molar-refractivity contribution in [2.75, 3.05) is 12.4 Å². The van der Waals surface area contributed by atoms with Gasteiger partial charge in [-0.25, -0.2) is 4.79 Å². The average Bonchev–Trinajstić information content (AvgIpc) is 2.47. The molecule has 0 bridgehead atoms. The number of aromatic nitrogens is 1. The molecule has 0 saturated carbocycles. The summed E-state index contributed by atoms with van der Waals surface area (Å²) in [5, 5.41) is 3.33. The zero-order valence-electron chi connectivity index (χ0n) is 11.0. The Morgan fingerprint density at radius 1 is 1.32 bits per heavy atom. The molecule has 2 aromatic rings. The summed E-state index contributed by atoms with van der Waals surface area (Å²) in [5.74, 6) is -0.335. The summed E-state index contributed by atoms with van der Waals surface area (Å²) in [6.45, 7) is 2.04. The van der Waals surface area contributed by atoms with E-state index in [2.05, 4.69) is 10.3 Å². The summed E-state index contributed by atoms with van der Waals surface area (Å²) in [7, 11) is 1.38. The number of rotatable bonds is 4. The van der Waals surface area contributed by atoms with Gasteiger partial charge in [-0.2, -0.15) is 0 Å². The van der Waals surface area contributed by atoms with Crippen molar-refractivity contribution in [2.45, 2.75) is 13.0 Å². The highest BCUT2D eigenvalue weighted by atomic mass is 16.5. The molecule has 0 spiro atoms. The van der Waals surface area contributed by atoms with Gasteiger partial charge in [0.1, 0.15) is 0 Å². The first-order chi connectivity index (χ1) is 9.20. The fourth-order valence-corrected chi connectivity index (χ4v) is 1.82. The second kappa shape index (κ2) is 6.00. The maximum Gasteiger partial charge on any atom is 0.337 e. The predicted octanol–water partition coefficient (Wildman–Crippen LogP) is 3.04. The maximum atomic E-state index is 11.5. The number of benzene rings is 1. The highest BCUT2D eigenvalue weighted by molar-refractivity contribution is 5.90. The fraction of sp³-hybridized carbons (Fsp3) is 0.200. The van der Waals surface area contributed by atoms with E-state index in [1.165, 1.54) is 7.11 Å². The number of pyridine rings is 1. The Bertz CT molecular complexity index is 555. The van der Waals surface area contributed by atoms with Crippen LogP contribution in [0.2, 0.25) is 0 Å². The Morgan fingerprint density at radius 3 is 2.84 bits per heavy atom. The van der Waals surface area contributed by atoms with Crippen molar-refractivity contribution < 1.29 is 9.53 Å². The SMILES string of the molecule is COC(=O)c1cccc(NC(C)c2cccnc2)c1. The van der Waals surface area contributed by atoms with E-state index in [-0.39, 0.29) is 12.0 Å². The molecule has 0 radical (unpaired) electrons. The molecule has 1 aromatic heterocycles. The van der Waals surface area contributed by atoms with Gasteiger partial charge in [0.05, 0.1) is 18.7 Å². The third-order valence-electron chi connectivity index (χ3n) is 2.85. The van der Waals surface area contributed by atoms with E-state index >= 15 is 0 Å². The minimum absolute atomic E-state index is 0.113. The fourth-order valence-electron chi connectivity index (χ4n) is 1.82. The van der Waals surface area contributed by atoms with Gasteiger partial charge < -0.3 is 10.1 Å². The van der Waals surface area contributed by atoms with Gasteiger partial charge in [0.25, 0.3) is 0 Å². The van der Waals surface area contributed by atoms with Crippen molar-refractivity contribution in [2.24, 2.45) is 0 Å². The van der Waals surface area contributed by atoms with Gasteiger partial charge in [-0.15, -0.1) is 0 Å². The zero-order valence-corrected chi connectivity index (χ0v) is 11.0. The van der Waals surface area contributed by atoms with E-state index < -0.39 is 0 Å². The lowest BCUT2D eigenvalue weighted by molar-refractivity contribution is 0.0601. The number of hydrogen-bond acceptors (Lipinski definition) is 4. The lowest BCUT2D eigenvalue weighted by Gasteiger charge is -2.15. The van der Waals surface area contributed by atoms with Gasteiger partial charge in [0, 0.05) is 18.1 Å². The molecule has 0 aliphatic rings. The summed E-state index contributed by atoms with van der Waals surface area (Å²) in [5.41, 5.74) is 2.50. The molecule has 1 N–H and O–H groups in total. The number of anilines is 1. The number of nitrogens with zero attached hydrogens (tertiary/aromatic N) is 1. The Balaban J connectivity index is 2.13. The molecular weight excluding hydrogens is 240 g/mol. The Labute approximate surface area is 112 Å². The third kappa shape index (κ3) is 3.31.